The lowest BCUT2D eigenvalue weighted by Crippen LogP contribution is -2.24. The van der Waals surface area contributed by atoms with Gasteiger partial charge in [-0.25, -0.2) is 11.6 Å². The molecule has 2 N–H and O–H groups in total. The van der Waals surface area contributed by atoms with Crippen LogP contribution in [-0.4, -0.2) is 32.5 Å². The molecule has 13 heteroatoms. The maximum absolute atomic E-state index is 13.1. The van der Waals surface area contributed by atoms with Gasteiger partial charge in [0.25, 0.3) is 0 Å². The second kappa shape index (κ2) is 7.46. The number of benzene rings is 1. The van der Waals surface area contributed by atoms with Crippen LogP contribution in [0.1, 0.15) is 5.56 Å². The second-order valence-electron chi connectivity index (χ2n) is 5.73. The number of anilines is 3. The van der Waals surface area contributed by atoms with Crippen LogP contribution in [0.4, 0.5) is 43.8 Å². The summed E-state index contributed by atoms with van der Waals surface area (Å²) >= 11 is 0. The van der Waals surface area contributed by atoms with E-state index in [1.165, 1.54) is 10.9 Å². The number of halogens is 6. The summed E-state index contributed by atoms with van der Waals surface area (Å²) in [5.41, 5.74) is -0.482. The van der Waals surface area contributed by atoms with E-state index in [4.69, 9.17) is 6.57 Å². The van der Waals surface area contributed by atoms with Gasteiger partial charge in [-0.05, 0) is 12.1 Å². The van der Waals surface area contributed by atoms with Crippen LogP contribution in [0.15, 0.2) is 30.6 Å². The van der Waals surface area contributed by atoms with E-state index >= 15 is 0 Å². The Morgan fingerprint density at radius 1 is 1.10 bits per heavy atom. The topological polar surface area (TPSA) is 72.0 Å². The molecular weight excluding hydrogens is 404 g/mol. The molecule has 3 rings (SSSR count). The molecule has 0 amide bonds. The quantitative estimate of drug-likeness (QED) is 0.476. The Kier molecular flexibility index (Phi) is 5.19. The molecule has 0 bridgehead atoms. The van der Waals surface area contributed by atoms with Crippen molar-refractivity contribution >= 4 is 28.4 Å². The highest BCUT2D eigenvalue weighted by Crippen LogP contribution is 2.35. The first-order valence-electron chi connectivity index (χ1n) is 7.88. The fraction of sp³-hybridized carbons (Fsp3) is 0.250. The zero-order chi connectivity index (χ0) is 21.2. The first-order chi connectivity index (χ1) is 13.6. The Bertz CT molecular complexity index is 1060. The Balaban J connectivity index is 1.96. The summed E-state index contributed by atoms with van der Waals surface area (Å²) in [5.74, 6) is -1.34. The second-order valence-corrected chi connectivity index (χ2v) is 5.73. The molecule has 0 radical (unpaired) electrons. The van der Waals surface area contributed by atoms with Crippen molar-refractivity contribution in [2.24, 2.45) is 0 Å². The van der Waals surface area contributed by atoms with Crippen molar-refractivity contribution < 1.29 is 26.3 Å². The number of rotatable bonds is 5. The van der Waals surface area contributed by atoms with E-state index in [0.717, 1.165) is 0 Å². The van der Waals surface area contributed by atoms with Gasteiger partial charge in [0.15, 0.2) is 0 Å². The summed E-state index contributed by atoms with van der Waals surface area (Å²) < 4.78 is 77.8. The van der Waals surface area contributed by atoms with E-state index in [1.54, 1.807) is 23.5 Å². The fourth-order valence-corrected chi connectivity index (χ4v) is 2.48. The van der Waals surface area contributed by atoms with Crippen LogP contribution < -0.4 is 10.6 Å². The molecule has 2 aromatic heterocycles. The van der Waals surface area contributed by atoms with Gasteiger partial charge in [-0.2, -0.15) is 41.1 Å². The lowest BCUT2D eigenvalue weighted by Gasteiger charge is -2.16. The SMILES string of the molecule is [C-]#[N+]Cn1ncc2c(Nc3ncc(C(F)(F)F)c(NCC(F)(F)F)n3)cccc21. The molecule has 3 aromatic rings. The molecule has 0 spiro atoms. The van der Waals surface area contributed by atoms with E-state index in [9.17, 15) is 26.3 Å². The standard InChI is InChI=1S/C16H11F6N7/c1-23-8-29-12-4-2-3-11(9(12)5-26-29)27-14-24-6-10(16(20,21)22)13(28-14)25-7-15(17,18)19/h2-6H,7-8H2,(H2,24,25,27,28). The van der Waals surface area contributed by atoms with Crippen LogP contribution in [0.5, 0.6) is 0 Å². The van der Waals surface area contributed by atoms with Crippen LogP contribution in [-0.2, 0) is 12.8 Å². The van der Waals surface area contributed by atoms with Crippen molar-refractivity contribution in [1.82, 2.24) is 19.7 Å². The number of nitrogens with one attached hydrogen (secondary N) is 2. The highest BCUT2D eigenvalue weighted by molar-refractivity contribution is 5.92. The Labute approximate surface area is 159 Å². The lowest BCUT2D eigenvalue weighted by molar-refractivity contribution is -0.138. The number of hydrogen-bond acceptors (Lipinski definition) is 5. The maximum atomic E-state index is 13.1. The molecule has 0 aliphatic rings. The maximum Gasteiger partial charge on any atom is 0.421 e. The van der Waals surface area contributed by atoms with Crippen molar-refractivity contribution in [1.29, 1.82) is 0 Å². The minimum Gasteiger partial charge on any atom is -0.361 e. The van der Waals surface area contributed by atoms with Crippen LogP contribution >= 0.6 is 0 Å². The number of nitrogens with zero attached hydrogens (tertiary/aromatic N) is 5. The average molecular weight is 415 g/mol. The largest absolute Gasteiger partial charge is 0.421 e. The molecule has 0 fully saturated rings. The van der Waals surface area contributed by atoms with Gasteiger partial charge >= 0.3 is 19.0 Å². The van der Waals surface area contributed by atoms with E-state index < -0.39 is 30.3 Å². The first kappa shape index (κ1) is 20.2. The van der Waals surface area contributed by atoms with Crippen LogP contribution in [0.2, 0.25) is 0 Å². The first-order valence-corrected chi connectivity index (χ1v) is 7.88. The number of alkyl halides is 6. The summed E-state index contributed by atoms with van der Waals surface area (Å²) in [5, 5.41) is 8.91. The van der Waals surface area contributed by atoms with E-state index in [2.05, 4.69) is 25.2 Å². The summed E-state index contributed by atoms with van der Waals surface area (Å²) in [6, 6.07) is 4.86. The normalized spacial score (nSPS) is 12.0. The van der Waals surface area contributed by atoms with Gasteiger partial charge in [0, 0.05) is 11.6 Å². The van der Waals surface area contributed by atoms with E-state index in [1.807, 2.05) is 0 Å². The minimum absolute atomic E-state index is 0.0325. The summed E-state index contributed by atoms with van der Waals surface area (Å²) in [6.45, 7) is 5.19. The fourth-order valence-electron chi connectivity index (χ4n) is 2.48. The molecule has 0 atom stereocenters. The third kappa shape index (κ3) is 4.65. The van der Waals surface area contributed by atoms with Crippen LogP contribution in [0, 0.1) is 6.57 Å². The smallest absolute Gasteiger partial charge is 0.361 e. The van der Waals surface area contributed by atoms with Crippen molar-refractivity contribution in [2.45, 2.75) is 19.0 Å². The van der Waals surface area contributed by atoms with E-state index in [0.29, 0.717) is 22.8 Å². The Morgan fingerprint density at radius 2 is 1.86 bits per heavy atom. The van der Waals surface area contributed by atoms with Gasteiger partial charge < -0.3 is 10.6 Å². The highest BCUT2D eigenvalue weighted by atomic mass is 19.4. The van der Waals surface area contributed by atoms with Gasteiger partial charge in [0.2, 0.25) is 5.95 Å². The van der Waals surface area contributed by atoms with Gasteiger partial charge in [-0.3, -0.25) is 4.85 Å². The predicted molar refractivity (Wildman–Crippen MR) is 91.2 cm³/mol. The molecule has 1 aromatic carbocycles. The summed E-state index contributed by atoms with van der Waals surface area (Å²) in [6.07, 6.45) is -7.83. The highest BCUT2D eigenvalue weighted by Gasteiger charge is 2.36. The Hall–Kier alpha value is -3.56. The van der Waals surface area contributed by atoms with Crippen LogP contribution in [0.3, 0.4) is 0 Å². The molecule has 2 heterocycles. The zero-order valence-corrected chi connectivity index (χ0v) is 14.3. The predicted octanol–water partition coefficient (Wildman–Crippen LogP) is 4.44. The number of hydrogen-bond donors (Lipinski definition) is 2. The molecule has 0 aliphatic heterocycles. The van der Waals surface area contributed by atoms with E-state index in [-0.39, 0.29) is 12.6 Å². The summed E-state index contributed by atoms with van der Waals surface area (Å²) in [4.78, 5) is 10.3. The molecule has 0 saturated carbocycles. The van der Waals surface area contributed by atoms with Gasteiger partial charge in [-0.15, -0.1) is 0 Å². The van der Waals surface area contributed by atoms with Gasteiger partial charge in [0.05, 0.1) is 17.4 Å². The molecule has 29 heavy (non-hydrogen) atoms. The number of aromatic nitrogens is 4. The molecule has 0 aliphatic carbocycles. The van der Waals surface area contributed by atoms with Crippen molar-refractivity contribution in [2.75, 3.05) is 17.2 Å². The zero-order valence-electron chi connectivity index (χ0n) is 14.3. The molecule has 152 valence electrons. The van der Waals surface area contributed by atoms with Gasteiger partial charge in [0.1, 0.15) is 17.9 Å². The van der Waals surface area contributed by atoms with Crippen molar-refractivity contribution in [3.63, 3.8) is 0 Å². The monoisotopic (exact) mass is 415 g/mol. The van der Waals surface area contributed by atoms with Crippen molar-refractivity contribution in [3.8, 4) is 0 Å². The number of fused-ring (bicyclic) bond motifs is 1. The Morgan fingerprint density at radius 3 is 2.52 bits per heavy atom. The lowest BCUT2D eigenvalue weighted by atomic mass is 10.2. The minimum atomic E-state index is -4.94. The average Bonchev–Trinajstić information content (AvgIpc) is 3.03. The molecule has 7 nitrogen and oxygen atoms in total. The van der Waals surface area contributed by atoms with Crippen LogP contribution in [0.25, 0.3) is 15.7 Å². The molecule has 0 saturated heterocycles. The van der Waals surface area contributed by atoms with Crippen molar-refractivity contribution in [3.05, 3.63) is 47.6 Å². The molecule has 0 unspecified atom stereocenters. The summed E-state index contributed by atoms with van der Waals surface area (Å²) in [7, 11) is 0. The third-order valence-electron chi connectivity index (χ3n) is 3.69. The third-order valence-corrected chi connectivity index (χ3v) is 3.69. The molecular formula is C16H11F6N7. The van der Waals surface area contributed by atoms with Gasteiger partial charge in [-0.1, -0.05) is 6.07 Å².